The van der Waals surface area contributed by atoms with E-state index < -0.39 is 98.4 Å². The van der Waals surface area contributed by atoms with Crippen molar-refractivity contribution in [1.29, 1.82) is 0 Å². The van der Waals surface area contributed by atoms with E-state index in [9.17, 15) is 51.1 Å². The van der Waals surface area contributed by atoms with Crippen molar-refractivity contribution >= 4 is 0 Å². The molecule has 14 heteroatoms. The van der Waals surface area contributed by atoms with Crippen molar-refractivity contribution in [2.24, 2.45) is 0 Å². The molecule has 15 atom stereocenters. The highest BCUT2D eigenvalue weighted by atomic mass is 16.7. The van der Waals surface area contributed by atoms with Crippen LogP contribution in [0.3, 0.4) is 0 Å². The second-order valence-electron chi connectivity index (χ2n) is 9.46. The third-order valence-corrected chi connectivity index (χ3v) is 7.17. The Kier molecular flexibility index (Phi) is 10.2. The second kappa shape index (κ2) is 12.3. The van der Waals surface area contributed by atoms with E-state index in [0.717, 1.165) is 0 Å². The number of aliphatic hydroxyl groups excluding tert-OH is 10. The first kappa shape index (κ1) is 29.0. The first-order valence-corrected chi connectivity index (χ1v) is 11.7. The zero-order chi connectivity index (χ0) is 26.0. The summed E-state index contributed by atoms with van der Waals surface area (Å²) in [6, 6.07) is 0. The number of methoxy groups -OCH3 is 1. The molecule has 0 bridgehead atoms. The fourth-order valence-electron chi connectivity index (χ4n) is 4.93. The molecule has 0 radical (unpaired) electrons. The maximum atomic E-state index is 10.4. The molecule has 3 heterocycles. The Labute approximate surface area is 201 Å². The van der Waals surface area contributed by atoms with Crippen LogP contribution >= 0.6 is 0 Å². The summed E-state index contributed by atoms with van der Waals surface area (Å²) in [5.41, 5.74) is 0. The molecule has 206 valence electrons. The minimum atomic E-state index is -1.56. The van der Waals surface area contributed by atoms with Gasteiger partial charge in [-0.05, 0) is 25.7 Å². The van der Waals surface area contributed by atoms with E-state index in [0.29, 0.717) is 0 Å². The van der Waals surface area contributed by atoms with E-state index in [2.05, 4.69) is 0 Å². The summed E-state index contributed by atoms with van der Waals surface area (Å²) in [6.07, 6.45) is -19.5. The molecule has 3 aliphatic rings. The van der Waals surface area contributed by atoms with Gasteiger partial charge in [0.1, 0.15) is 61.0 Å². The van der Waals surface area contributed by atoms with Gasteiger partial charge in [0.25, 0.3) is 0 Å². The molecule has 3 rings (SSSR count). The van der Waals surface area contributed by atoms with Gasteiger partial charge in [-0.2, -0.15) is 0 Å². The quantitative estimate of drug-likeness (QED) is 0.146. The molecule has 0 aromatic rings. The largest absolute Gasteiger partial charge is 0.394 e. The summed E-state index contributed by atoms with van der Waals surface area (Å²) in [5.74, 6) is 0. The zero-order valence-electron chi connectivity index (χ0n) is 19.3. The maximum absolute atomic E-state index is 10.4. The van der Waals surface area contributed by atoms with Crippen molar-refractivity contribution in [1.82, 2.24) is 0 Å². The van der Waals surface area contributed by atoms with Gasteiger partial charge in [-0.3, -0.25) is 0 Å². The van der Waals surface area contributed by atoms with Gasteiger partial charge in [0.15, 0.2) is 6.29 Å². The molecule has 0 unspecified atom stereocenters. The average Bonchev–Trinajstić information content (AvgIpc) is 2.85. The Morgan fingerprint density at radius 2 is 0.771 bits per heavy atom. The molecule has 0 aliphatic carbocycles. The standard InChI is InChI=1S/C21H38O14/c1-32-21-20(31)19(30)15(26)10(35-21)5-4-8-13(24)17(28)12(23)7(33-8)2-3-9-14(25)18(29)16(27)11(6-22)34-9/h7-31H,2-6H2,1H3/t7-,8+,9+,10-,11-,12+,13+,14+,15+,16+,17+,18-,19+,20-,21+/m1/s1. The van der Waals surface area contributed by atoms with E-state index in [1.807, 2.05) is 0 Å². The molecule has 14 nitrogen and oxygen atoms in total. The third kappa shape index (κ3) is 6.13. The molecule has 10 N–H and O–H groups in total. The van der Waals surface area contributed by atoms with Gasteiger partial charge in [-0.15, -0.1) is 0 Å². The summed E-state index contributed by atoms with van der Waals surface area (Å²) in [6.45, 7) is -0.582. The third-order valence-electron chi connectivity index (χ3n) is 7.17. The Balaban J connectivity index is 1.59. The summed E-state index contributed by atoms with van der Waals surface area (Å²) in [4.78, 5) is 0. The van der Waals surface area contributed by atoms with E-state index in [-0.39, 0.29) is 25.7 Å². The minimum Gasteiger partial charge on any atom is -0.394 e. The van der Waals surface area contributed by atoms with Gasteiger partial charge in [-0.25, -0.2) is 0 Å². The summed E-state index contributed by atoms with van der Waals surface area (Å²) >= 11 is 0. The van der Waals surface area contributed by atoms with Gasteiger partial charge >= 0.3 is 0 Å². The molecule has 3 fully saturated rings. The number of hydrogen-bond acceptors (Lipinski definition) is 14. The number of ether oxygens (including phenoxy) is 4. The Morgan fingerprint density at radius 3 is 1.14 bits per heavy atom. The summed E-state index contributed by atoms with van der Waals surface area (Å²) in [7, 11) is 1.27. The van der Waals surface area contributed by atoms with E-state index in [1.54, 1.807) is 0 Å². The van der Waals surface area contributed by atoms with E-state index in [4.69, 9.17) is 18.9 Å². The number of aliphatic hydroxyl groups is 10. The number of rotatable bonds is 8. The zero-order valence-corrected chi connectivity index (χ0v) is 19.3. The Bertz CT molecular complexity index is 600. The average molecular weight is 515 g/mol. The van der Waals surface area contributed by atoms with Crippen LogP contribution in [0.5, 0.6) is 0 Å². The molecule has 0 saturated carbocycles. The van der Waals surface area contributed by atoms with Crippen LogP contribution in [0.4, 0.5) is 0 Å². The predicted octanol–water partition coefficient (Wildman–Crippen LogP) is -5.31. The van der Waals surface area contributed by atoms with Crippen LogP contribution in [0.2, 0.25) is 0 Å². The fourth-order valence-corrected chi connectivity index (χ4v) is 4.93. The molecular weight excluding hydrogens is 476 g/mol. The van der Waals surface area contributed by atoms with Crippen LogP contribution in [-0.2, 0) is 18.9 Å². The fraction of sp³-hybridized carbons (Fsp3) is 1.00. The normalized spacial score (nSPS) is 51.3. The highest BCUT2D eigenvalue weighted by molar-refractivity contribution is 4.96. The monoisotopic (exact) mass is 514 g/mol. The highest BCUT2D eigenvalue weighted by Crippen LogP contribution is 2.32. The molecule has 3 saturated heterocycles. The summed E-state index contributed by atoms with van der Waals surface area (Å²) in [5, 5.41) is 101. The van der Waals surface area contributed by atoms with Crippen molar-refractivity contribution < 1.29 is 70.0 Å². The Morgan fingerprint density at radius 1 is 0.457 bits per heavy atom. The molecular formula is C21H38O14. The van der Waals surface area contributed by atoms with E-state index in [1.165, 1.54) is 7.11 Å². The first-order chi connectivity index (χ1) is 16.5. The topological polar surface area (TPSA) is 239 Å². The van der Waals surface area contributed by atoms with Gasteiger partial charge in [0.2, 0.25) is 0 Å². The van der Waals surface area contributed by atoms with Crippen LogP contribution in [-0.4, -0.2) is 157 Å². The molecule has 0 amide bonds. The van der Waals surface area contributed by atoms with Crippen molar-refractivity contribution in [3.05, 3.63) is 0 Å². The van der Waals surface area contributed by atoms with Gasteiger partial charge in [-0.1, -0.05) is 0 Å². The van der Waals surface area contributed by atoms with Crippen molar-refractivity contribution in [2.75, 3.05) is 13.7 Å². The minimum absolute atomic E-state index is 0.0305. The van der Waals surface area contributed by atoms with Crippen LogP contribution < -0.4 is 0 Å². The lowest BCUT2D eigenvalue weighted by atomic mass is 9.87. The van der Waals surface area contributed by atoms with Crippen LogP contribution in [0.1, 0.15) is 25.7 Å². The lowest BCUT2D eigenvalue weighted by Crippen LogP contribution is -2.60. The van der Waals surface area contributed by atoms with Crippen molar-refractivity contribution in [3.8, 4) is 0 Å². The lowest BCUT2D eigenvalue weighted by Gasteiger charge is -2.44. The summed E-state index contributed by atoms with van der Waals surface area (Å²) < 4.78 is 21.7. The van der Waals surface area contributed by atoms with Crippen LogP contribution in [0, 0.1) is 0 Å². The lowest BCUT2D eigenvalue weighted by molar-refractivity contribution is -0.293. The molecule has 0 aromatic heterocycles. The van der Waals surface area contributed by atoms with Gasteiger partial charge in [0, 0.05) is 7.11 Å². The van der Waals surface area contributed by atoms with Crippen LogP contribution in [0.15, 0.2) is 0 Å². The Hall–Kier alpha value is -0.560. The molecule has 0 spiro atoms. The molecule has 35 heavy (non-hydrogen) atoms. The van der Waals surface area contributed by atoms with Gasteiger partial charge in [0.05, 0.1) is 31.0 Å². The first-order valence-electron chi connectivity index (χ1n) is 11.7. The van der Waals surface area contributed by atoms with Crippen molar-refractivity contribution in [3.63, 3.8) is 0 Å². The second-order valence-corrected chi connectivity index (χ2v) is 9.46. The SMILES string of the molecule is CO[C@H]1O[C@H](CC[C@@H]2O[C@H](CC[C@@H]3O[C@H](CO)[C@H](O)[C@H](O)[C@H]3O)[C@H](O)[C@H](O)[C@H]2O)[C@H](O)[C@H](O)[C@H]1O. The van der Waals surface area contributed by atoms with E-state index >= 15 is 0 Å². The maximum Gasteiger partial charge on any atom is 0.186 e. The smallest absolute Gasteiger partial charge is 0.186 e. The van der Waals surface area contributed by atoms with Crippen molar-refractivity contribution in [2.45, 2.75) is 117 Å². The molecule has 0 aromatic carbocycles. The van der Waals surface area contributed by atoms with Crippen LogP contribution in [0.25, 0.3) is 0 Å². The van der Waals surface area contributed by atoms with Gasteiger partial charge < -0.3 is 70.0 Å². The highest BCUT2D eigenvalue weighted by Gasteiger charge is 2.48. The predicted molar refractivity (Wildman–Crippen MR) is 113 cm³/mol. The molecule has 3 aliphatic heterocycles. The number of hydrogen-bond donors (Lipinski definition) is 10.